The van der Waals surface area contributed by atoms with Crippen LogP contribution in [0.4, 0.5) is 0 Å². The molecule has 0 aliphatic carbocycles. The number of nitrogens with one attached hydrogen (secondary N) is 1. The summed E-state index contributed by atoms with van der Waals surface area (Å²) < 4.78 is 5.78. The van der Waals surface area contributed by atoms with Crippen molar-refractivity contribution in [2.24, 2.45) is 0 Å². The Labute approximate surface area is 138 Å². The average molecular weight is 410 g/mol. The summed E-state index contributed by atoms with van der Waals surface area (Å²) in [6.07, 6.45) is 0. The second-order valence-electron chi connectivity index (χ2n) is 4.63. The van der Waals surface area contributed by atoms with Gasteiger partial charge < -0.3 is 19.9 Å². The van der Waals surface area contributed by atoms with E-state index in [2.05, 4.69) is 9.97 Å². The van der Waals surface area contributed by atoms with Crippen molar-refractivity contribution in [2.75, 3.05) is 7.11 Å². The van der Waals surface area contributed by atoms with E-state index >= 15 is 0 Å². The molecule has 0 fully saturated rings. The van der Waals surface area contributed by atoms with E-state index in [1.807, 2.05) is 22.6 Å². The maximum absolute atomic E-state index is 11.0. The Morgan fingerprint density at radius 1 is 1.32 bits per heavy atom. The molecule has 7 heteroatoms. The third-order valence-corrected chi connectivity index (χ3v) is 4.07. The Bertz CT molecular complexity index is 889. The SMILES string of the molecule is COc1cc(-c2nc3ccc(C(=O)O)cc3[nH]2)cc(I)c1O. The number of methoxy groups -OCH3 is 1. The lowest BCUT2D eigenvalue weighted by atomic mass is 10.2. The molecule has 0 aliphatic rings. The van der Waals surface area contributed by atoms with E-state index in [0.717, 1.165) is 5.56 Å². The Morgan fingerprint density at radius 3 is 2.77 bits per heavy atom. The minimum Gasteiger partial charge on any atom is -0.504 e. The van der Waals surface area contributed by atoms with E-state index in [1.54, 1.807) is 18.2 Å². The Kier molecular flexibility index (Phi) is 3.65. The van der Waals surface area contributed by atoms with Gasteiger partial charge in [0.25, 0.3) is 0 Å². The van der Waals surface area contributed by atoms with Crippen molar-refractivity contribution in [3.05, 3.63) is 39.5 Å². The maximum Gasteiger partial charge on any atom is 0.335 e. The molecular formula is C15H11IN2O4. The van der Waals surface area contributed by atoms with Gasteiger partial charge in [-0.1, -0.05) is 0 Å². The van der Waals surface area contributed by atoms with Crippen LogP contribution in [-0.2, 0) is 0 Å². The highest BCUT2D eigenvalue weighted by Gasteiger charge is 2.13. The number of hydrogen-bond acceptors (Lipinski definition) is 4. The van der Waals surface area contributed by atoms with Gasteiger partial charge in [0.1, 0.15) is 5.82 Å². The number of carboxylic acids is 1. The number of ether oxygens (including phenoxy) is 1. The van der Waals surface area contributed by atoms with Crippen molar-refractivity contribution in [3.8, 4) is 22.9 Å². The zero-order valence-electron chi connectivity index (χ0n) is 11.4. The molecular weight excluding hydrogens is 399 g/mol. The molecule has 6 nitrogen and oxygen atoms in total. The summed E-state index contributed by atoms with van der Waals surface area (Å²) in [5.74, 6) is 0.0253. The predicted octanol–water partition coefficient (Wildman–Crippen LogP) is 3.25. The lowest BCUT2D eigenvalue weighted by molar-refractivity contribution is 0.0697. The Hall–Kier alpha value is -2.29. The quantitative estimate of drug-likeness (QED) is 0.577. The summed E-state index contributed by atoms with van der Waals surface area (Å²) in [5, 5.41) is 18.9. The number of halogens is 1. The molecule has 112 valence electrons. The number of carboxylic acid groups (broad SMARTS) is 1. The van der Waals surface area contributed by atoms with Crippen LogP contribution in [0.15, 0.2) is 30.3 Å². The van der Waals surface area contributed by atoms with Crippen LogP contribution in [-0.4, -0.2) is 33.3 Å². The van der Waals surface area contributed by atoms with Gasteiger partial charge in [0.15, 0.2) is 11.5 Å². The summed E-state index contributed by atoms with van der Waals surface area (Å²) in [4.78, 5) is 18.5. The van der Waals surface area contributed by atoms with Gasteiger partial charge in [-0.25, -0.2) is 9.78 Å². The van der Waals surface area contributed by atoms with Crippen molar-refractivity contribution >= 4 is 39.6 Å². The number of aromatic nitrogens is 2. The number of carbonyl (C=O) groups is 1. The van der Waals surface area contributed by atoms with E-state index in [0.29, 0.717) is 26.2 Å². The molecule has 0 atom stereocenters. The van der Waals surface area contributed by atoms with Gasteiger partial charge in [0.2, 0.25) is 0 Å². The number of rotatable bonds is 3. The summed E-state index contributed by atoms with van der Waals surface area (Å²) in [7, 11) is 1.48. The zero-order valence-corrected chi connectivity index (χ0v) is 13.6. The number of fused-ring (bicyclic) bond motifs is 1. The van der Waals surface area contributed by atoms with Crippen LogP contribution >= 0.6 is 22.6 Å². The Morgan fingerprint density at radius 2 is 2.09 bits per heavy atom. The first-order chi connectivity index (χ1) is 10.5. The summed E-state index contributed by atoms with van der Waals surface area (Å²) >= 11 is 2.01. The number of imidazole rings is 1. The first-order valence-corrected chi connectivity index (χ1v) is 7.37. The van der Waals surface area contributed by atoms with Gasteiger partial charge in [-0.15, -0.1) is 0 Å². The fourth-order valence-electron chi connectivity index (χ4n) is 2.15. The lowest BCUT2D eigenvalue weighted by Crippen LogP contribution is -1.94. The average Bonchev–Trinajstić information content (AvgIpc) is 2.92. The van der Waals surface area contributed by atoms with Crippen LogP contribution in [0.1, 0.15) is 10.4 Å². The normalized spacial score (nSPS) is 10.8. The van der Waals surface area contributed by atoms with Gasteiger partial charge in [0.05, 0.1) is 27.3 Å². The van der Waals surface area contributed by atoms with Crippen LogP contribution in [0.5, 0.6) is 11.5 Å². The fourth-order valence-corrected chi connectivity index (χ4v) is 2.75. The molecule has 0 bridgehead atoms. The fraction of sp³-hybridized carbons (Fsp3) is 0.0667. The molecule has 3 rings (SSSR count). The standard InChI is InChI=1S/C15H11IN2O4/c1-22-12-6-8(4-9(16)13(12)19)14-17-10-3-2-7(15(20)21)5-11(10)18-14/h2-6,19H,1H3,(H,17,18)(H,20,21). The molecule has 0 saturated heterocycles. The molecule has 3 aromatic rings. The molecule has 1 aromatic heterocycles. The van der Waals surface area contributed by atoms with Gasteiger partial charge in [-0.3, -0.25) is 0 Å². The molecule has 1 heterocycles. The topological polar surface area (TPSA) is 95.4 Å². The molecule has 0 unspecified atom stereocenters. The lowest BCUT2D eigenvalue weighted by Gasteiger charge is -2.07. The third kappa shape index (κ3) is 2.47. The number of nitrogens with zero attached hydrogens (tertiary/aromatic N) is 1. The van der Waals surface area contributed by atoms with Crippen LogP contribution in [0.2, 0.25) is 0 Å². The van der Waals surface area contributed by atoms with Crippen molar-refractivity contribution < 1.29 is 19.7 Å². The number of hydrogen-bond donors (Lipinski definition) is 3. The zero-order chi connectivity index (χ0) is 15.9. The highest BCUT2D eigenvalue weighted by Crippen LogP contribution is 2.35. The summed E-state index contributed by atoms with van der Waals surface area (Å²) in [6, 6.07) is 8.15. The van der Waals surface area contributed by atoms with E-state index in [-0.39, 0.29) is 11.3 Å². The smallest absolute Gasteiger partial charge is 0.335 e. The van der Waals surface area contributed by atoms with Crippen LogP contribution < -0.4 is 4.74 Å². The maximum atomic E-state index is 11.0. The van der Waals surface area contributed by atoms with Crippen LogP contribution in [0, 0.1) is 3.57 Å². The second-order valence-corrected chi connectivity index (χ2v) is 5.79. The monoisotopic (exact) mass is 410 g/mol. The van der Waals surface area contributed by atoms with Gasteiger partial charge in [0, 0.05) is 5.56 Å². The largest absolute Gasteiger partial charge is 0.504 e. The van der Waals surface area contributed by atoms with Gasteiger partial charge >= 0.3 is 5.97 Å². The van der Waals surface area contributed by atoms with Crippen molar-refractivity contribution in [3.63, 3.8) is 0 Å². The minimum atomic E-state index is -0.987. The summed E-state index contributed by atoms with van der Waals surface area (Å²) in [6.45, 7) is 0. The number of benzene rings is 2. The van der Waals surface area contributed by atoms with Crippen LogP contribution in [0.25, 0.3) is 22.4 Å². The number of aromatic hydroxyl groups is 1. The highest BCUT2D eigenvalue weighted by molar-refractivity contribution is 14.1. The summed E-state index contributed by atoms with van der Waals surface area (Å²) in [5.41, 5.74) is 2.24. The molecule has 22 heavy (non-hydrogen) atoms. The van der Waals surface area contributed by atoms with E-state index < -0.39 is 5.97 Å². The number of aromatic carboxylic acids is 1. The number of phenols is 1. The van der Waals surface area contributed by atoms with Gasteiger partial charge in [-0.2, -0.15) is 0 Å². The number of H-pyrrole nitrogens is 1. The molecule has 0 radical (unpaired) electrons. The third-order valence-electron chi connectivity index (χ3n) is 3.25. The molecule has 0 saturated carbocycles. The van der Waals surface area contributed by atoms with Crippen molar-refractivity contribution in [1.82, 2.24) is 9.97 Å². The highest BCUT2D eigenvalue weighted by atomic mass is 127. The number of aromatic amines is 1. The Balaban J connectivity index is 2.14. The predicted molar refractivity (Wildman–Crippen MR) is 89.4 cm³/mol. The molecule has 0 spiro atoms. The van der Waals surface area contributed by atoms with E-state index in [4.69, 9.17) is 9.84 Å². The first-order valence-electron chi connectivity index (χ1n) is 6.29. The molecule has 2 aromatic carbocycles. The van der Waals surface area contributed by atoms with E-state index in [9.17, 15) is 9.90 Å². The second kappa shape index (κ2) is 5.48. The first kappa shape index (κ1) is 14.6. The minimum absolute atomic E-state index is 0.0797. The number of phenolic OH excluding ortho intramolecular Hbond substituents is 1. The van der Waals surface area contributed by atoms with Crippen molar-refractivity contribution in [1.29, 1.82) is 0 Å². The van der Waals surface area contributed by atoms with E-state index in [1.165, 1.54) is 19.2 Å². The molecule has 0 amide bonds. The van der Waals surface area contributed by atoms with Crippen molar-refractivity contribution in [2.45, 2.75) is 0 Å². The van der Waals surface area contributed by atoms with Crippen LogP contribution in [0.3, 0.4) is 0 Å². The molecule has 3 N–H and O–H groups in total. The molecule has 0 aliphatic heterocycles. The van der Waals surface area contributed by atoms with Gasteiger partial charge in [-0.05, 0) is 52.9 Å².